The van der Waals surface area contributed by atoms with E-state index >= 15 is 0 Å². The number of hydrogen-bond donors (Lipinski definition) is 3. The highest BCUT2D eigenvalue weighted by molar-refractivity contribution is 5.88. The van der Waals surface area contributed by atoms with Crippen LogP contribution in [0.15, 0.2) is 30.3 Å². The standard InChI is InChI=1S/C17H23NO6/c1-17(2,3)24-16(23)12(13(18)15(21)22)11(14(19)20)9-10-7-5-4-6-8-10/h4-8,11-13H,9,18H2,1-3H3,(H,19,20)(H,21,22). The number of benzene rings is 1. The molecular weight excluding hydrogens is 314 g/mol. The fourth-order valence-electron chi connectivity index (χ4n) is 2.32. The number of esters is 1. The molecule has 1 aromatic rings. The van der Waals surface area contributed by atoms with Gasteiger partial charge in [0, 0.05) is 0 Å². The van der Waals surface area contributed by atoms with Crippen molar-refractivity contribution in [3.8, 4) is 0 Å². The van der Waals surface area contributed by atoms with Crippen LogP contribution in [0.3, 0.4) is 0 Å². The number of ether oxygens (including phenoxy) is 1. The molecule has 24 heavy (non-hydrogen) atoms. The number of carboxylic acid groups (broad SMARTS) is 2. The quantitative estimate of drug-likeness (QED) is 0.640. The third-order valence-electron chi connectivity index (χ3n) is 3.40. The van der Waals surface area contributed by atoms with Gasteiger partial charge in [0.1, 0.15) is 11.6 Å². The summed E-state index contributed by atoms with van der Waals surface area (Å²) in [6.07, 6.45) is -0.0267. The van der Waals surface area contributed by atoms with E-state index in [0.717, 1.165) is 0 Å². The SMILES string of the molecule is CC(C)(C)OC(=O)C(C(N)C(=O)O)C(Cc1ccccc1)C(=O)O. The van der Waals surface area contributed by atoms with Crippen molar-refractivity contribution in [2.45, 2.75) is 38.8 Å². The number of hydrogen-bond acceptors (Lipinski definition) is 5. The molecule has 0 aliphatic heterocycles. The highest BCUT2D eigenvalue weighted by atomic mass is 16.6. The van der Waals surface area contributed by atoms with E-state index in [1.54, 1.807) is 51.1 Å². The van der Waals surface area contributed by atoms with Gasteiger partial charge in [-0.1, -0.05) is 30.3 Å². The molecule has 0 bridgehead atoms. The number of carbonyl (C=O) groups is 3. The molecule has 132 valence electrons. The summed E-state index contributed by atoms with van der Waals surface area (Å²) in [5.41, 5.74) is 5.39. The number of aliphatic carboxylic acids is 2. The van der Waals surface area contributed by atoms with Gasteiger partial charge in [-0.05, 0) is 32.8 Å². The van der Waals surface area contributed by atoms with Gasteiger partial charge in [0.05, 0.1) is 11.8 Å². The van der Waals surface area contributed by atoms with Crippen molar-refractivity contribution in [2.24, 2.45) is 17.6 Å². The van der Waals surface area contributed by atoms with E-state index in [1.807, 2.05) is 0 Å². The lowest BCUT2D eigenvalue weighted by Crippen LogP contribution is -2.50. The van der Waals surface area contributed by atoms with Gasteiger partial charge < -0.3 is 20.7 Å². The molecule has 0 fully saturated rings. The summed E-state index contributed by atoms with van der Waals surface area (Å²) in [5, 5.41) is 18.7. The first-order valence-electron chi connectivity index (χ1n) is 7.51. The Morgan fingerprint density at radius 3 is 2.04 bits per heavy atom. The van der Waals surface area contributed by atoms with Crippen LogP contribution in [0.1, 0.15) is 26.3 Å². The predicted octanol–water partition coefficient (Wildman–Crippen LogP) is 1.30. The zero-order chi connectivity index (χ0) is 18.5. The first-order valence-corrected chi connectivity index (χ1v) is 7.51. The van der Waals surface area contributed by atoms with Gasteiger partial charge in [-0.25, -0.2) is 0 Å². The fourth-order valence-corrected chi connectivity index (χ4v) is 2.32. The second-order valence-electron chi connectivity index (χ2n) is 6.56. The number of rotatable bonds is 7. The maximum absolute atomic E-state index is 12.4. The van der Waals surface area contributed by atoms with E-state index in [4.69, 9.17) is 10.5 Å². The van der Waals surface area contributed by atoms with E-state index in [2.05, 4.69) is 0 Å². The van der Waals surface area contributed by atoms with Crippen LogP contribution in [0.5, 0.6) is 0 Å². The lowest BCUT2D eigenvalue weighted by Gasteiger charge is -2.29. The molecule has 0 aliphatic carbocycles. The number of carbonyl (C=O) groups excluding carboxylic acids is 1. The Balaban J connectivity index is 3.18. The predicted molar refractivity (Wildman–Crippen MR) is 86.2 cm³/mol. The summed E-state index contributed by atoms with van der Waals surface area (Å²) < 4.78 is 5.19. The van der Waals surface area contributed by atoms with Gasteiger partial charge in [0.2, 0.25) is 0 Å². The van der Waals surface area contributed by atoms with Crippen molar-refractivity contribution in [2.75, 3.05) is 0 Å². The Morgan fingerprint density at radius 1 is 1.08 bits per heavy atom. The summed E-state index contributed by atoms with van der Waals surface area (Å²) in [5.74, 6) is -6.50. The van der Waals surface area contributed by atoms with Gasteiger partial charge in [0.15, 0.2) is 0 Å². The first-order chi connectivity index (χ1) is 11.0. The molecule has 3 unspecified atom stereocenters. The molecule has 0 spiro atoms. The van der Waals surface area contributed by atoms with Gasteiger partial charge in [-0.3, -0.25) is 14.4 Å². The molecule has 7 nitrogen and oxygen atoms in total. The molecule has 0 saturated heterocycles. The number of carboxylic acids is 2. The molecule has 0 radical (unpaired) electrons. The lowest BCUT2D eigenvalue weighted by molar-refractivity contribution is -0.170. The first kappa shape index (κ1) is 19.6. The average Bonchev–Trinajstić information content (AvgIpc) is 2.45. The molecule has 3 atom stereocenters. The summed E-state index contributed by atoms with van der Waals surface area (Å²) in [4.78, 5) is 35.4. The fraction of sp³-hybridized carbons (Fsp3) is 0.471. The van der Waals surface area contributed by atoms with E-state index in [0.29, 0.717) is 5.56 Å². The Morgan fingerprint density at radius 2 is 1.62 bits per heavy atom. The topological polar surface area (TPSA) is 127 Å². The minimum absolute atomic E-state index is 0.0267. The zero-order valence-corrected chi connectivity index (χ0v) is 13.9. The Kier molecular flexibility index (Phi) is 6.48. The Hall–Kier alpha value is -2.41. The molecular formula is C17H23NO6. The van der Waals surface area contributed by atoms with Gasteiger partial charge in [-0.15, -0.1) is 0 Å². The summed E-state index contributed by atoms with van der Waals surface area (Å²) in [6, 6.07) is 6.96. The van der Waals surface area contributed by atoms with Gasteiger partial charge in [-0.2, -0.15) is 0 Å². The van der Waals surface area contributed by atoms with Crippen molar-refractivity contribution < 1.29 is 29.3 Å². The number of nitrogens with two attached hydrogens (primary N) is 1. The molecule has 0 heterocycles. The van der Waals surface area contributed by atoms with E-state index in [9.17, 15) is 24.6 Å². The molecule has 0 aromatic heterocycles. The van der Waals surface area contributed by atoms with E-state index < -0.39 is 41.4 Å². The Labute approximate surface area is 140 Å². The highest BCUT2D eigenvalue weighted by Crippen LogP contribution is 2.25. The molecule has 4 N–H and O–H groups in total. The van der Waals surface area contributed by atoms with Gasteiger partial charge in [0.25, 0.3) is 0 Å². The third-order valence-corrected chi connectivity index (χ3v) is 3.40. The minimum Gasteiger partial charge on any atom is -0.481 e. The summed E-state index contributed by atoms with van der Waals surface area (Å²) in [6.45, 7) is 4.84. The molecule has 7 heteroatoms. The van der Waals surface area contributed by atoms with Crippen molar-refractivity contribution in [3.63, 3.8) is 0 Å². The molecule has 1 rings (SSSR count). The second kappa shape index (κ2) is 7.92. The smallest absolute Gasteiger partial charge is 0.321 e. The van der Waals surface area contributed by atoms with Crippen LogP contribution >= 0.6 is 0 Å². The summed E-state index contributed by atoms with van der Waals surface area (Å²) in [7, 11) is 0. The highest BCUT2D eigenvalue weighted by Gasteiger charge is 2.43. The largest absolute Gasteiger partial charge is 0.481 e. The Bertz CT molecular complexity index is 593. The van der Waals surface area contributed by atoms with Crippen molar-refractivity contribution in [1.82, 2.24) is 0 Å². The van der Waals surface area contributed by atoms with E-state index in [-0.39, 0.29) is 6.42 Å². The second-order valence-corrected chi connectivity index (χ2v) is 6.56. The lowest BCUT2D eigenvalue weighted by atomic mass is 9.82. The molecule has 0 aliphatic rings. The monoisotopic (exact) mass is 337 g/mol. The van der Waals surface area contributed by atoms with Crippen LogP contribution in [0.2, 0.25) is 0 Å². The van der Waals surface area contributed by atoms with Crippen molar-refractivity contribution in [3.05, 3.63) is 35.9 Å². The molecule has 0 amide bonds. The van der Waals surface area contributed by atoms with Gasteiger partial charge >= 0.3 is 17.9 Å². The zero-order valence-electron chi connectivity index (χ0n) is 13.9. The van der Waals surface area contributed by atoms with Crippen LogP contribution in [-0.2, 0) is 25.5 Å². The van der Waals surface area contributed by atoms with Crippen LogP contribution in [-0.4, -0.2) is 39.8 Å². The van der Waals surface area contributed by atoms with E-state index in [1.165, 1.54) is 0 Å². The molecule has 1 aromatic carbocycles. The third kappa shape index (κ3) is 5.66. The van der Waals surface area contributed by atoms with Crippen LogP contribution in [0.25, 0.3) is 0 Å². The van der Waals surface area contributed by atoms with Crippen molar-refractivity contribution >= 4 is 17.9 Å². The van der Waals surface area contributed by atoms with Crippen LogP contribution < -0.4 is 5.73 Å². The maximum Gasteiger partial charge on any atom is 0.321 e. The molecule has 0 saturated carbocycles. The van der Waals surface area contributed by atoms with Crippen LogP contribution in [0, 0.1) is 11.8 Å². The van der Waals surface area contributed by atoms with Crippen molar-refractivity contribution in [1.29, 1.82) is 0 Å². The minimum atomic E-state index is -1.68. The van der Waals surface area contributed by atoms with Crippen LogP contribution in [0.4, 0.5) is 0 Å². The maximum atomic E-state index is 12.4. The summed E-state index contributed by atoms with van der Waals surface area (Å²) >= 11 is 0. The normalized spacial score (nSPS) is 15.2. The average molecular weight is 337 g/mol.